The van der Waals surface area contributed by atoms with E-state index in [4.69, 9.17) is 16.3 Å². The summed E-state index contributed by atoms with van der Waals surface area (Å²) in [5, 5.41) is 11.4. The molecule has 1 saturated heterocycles. The van der Waals surface area contributed by atoms with Gasteiger partial charge in [-0.3, -0.25) is 9.59 Å². The monoisotopic (exact) mass is 427 g/mol. The molecule has 2 aromatic rings. The van der Waals surface area contributed by atoms with Crippen LogP contribution < -0.4 is 4.74 Å². The van der Waals surface area contributed by atoms with Crippen molar-refractivity contribution in [3.63, 3.8) is 0 Å². The van der Waals surface area contributed by atoms with Gasteiger partial charge in [-0.25, -0.2) is 0 Å². The van der Waals surface area contributed by atoms with Gasteiger partial charge in [0.25, 0.3) is 11.7 Å². The molecule has 3 rings (SSSR count). The molecule has 1 fully saturated rings. The standard InChI is InChI=1S/C24H26ClNO4/c1-4-5-6-12-26-21(16-9-7-8-15(2)13-16)20(23(28)24(26)29)22(27)17-10-11-19(30-3)18(25)14-17/h7-11,13-14,21,27H,4-6,12H2,1-3H3/b22-20-. The van der Waals surface area contributed by atoms with Crippen molar-refractivity contribution in [2.75, 3.05) is 13.7 Å². The Morgan fingerprint density at radius 3 is 2.57 bits per heavy atom. The minimum absolute atomic E-state index is 0.0864. The second-order valence-electron chi connectivity index (χ2n) is 7.46. The maximum absolute atomic E-state index is 13.0. The fourth-order valence-electron chi connectivity index (χ4n) is 3.80. The molecule has 30 heavy (non-hydrogen) atoms. The number of likely N-dealkylation sites (tertiary alicyclic amines) is 1. The van der Waals surface area contributed by atoms with Crippen molar-refractivity contribution < 1.29 is 19.4 Å². The highest BCUT2D eigenvalue weighted by Crippen LogP contribution is 2.40. The number of aryl methyl sites for hydroxylation is 1. The van der Waals surface area contributed by atoms with E-state index in [0.29, 0.717) is 22.9 Å². The molecule has 6 heteroatoms. The Hall–Kier alpha value is -2.79. The number of amides is 1. The van der Waals surface area contributed by atoms with Crippen LogP contribution in [-0.2, 0) is 9.59 Å². The Labute approximate surface area is 181 Å². The molecule has 0 aliphatic carbocycles. The van der Waals surface area contributed by atoms with Gasteiger partial charge in [0, 0.05) is 12.1 Å². The highest BCUT2D eigenvalue weighted by atomic mass is 35.5. The van der Waals surface area contributed by atoms with Crippen molar-refractivity contribution in [3.05, 3.63) is 69.8 Å². The molecule has 1 atom stereocenters. The lowest BCUT2D eigenvalue weighted by Gasteiger charge is -2.25. The normalized spacial score (nSPS) is 18.1. The molecule has 0 radical (unpaired) electrons. The van der Waals surface area contributed by atoms with Gasteiger partial charge in [-0.05, 0) is 37.1 Å². The predicted molar refractivity (Wildman–Crippen MR) is 118 cm³/mol. The molecule has 1 heterocycles. The van der Waals surface area contributed by atoms with Crippen molar-refractivity contribution in [1.29, 1.82) is 0 Å². The van der Waals surface area contributed by atoms with E-state index < -0.39 is 17.7 Å². The van der Waals surface area contributed by atoms with Gasteiger partial charge in [0.2, 0.25) is 0 Å². The van der Waals surface area contributed by atoms with Crippen molar-refractivity contribution in [1.82, 2.24) is 4.90 Å². The lowest BCUT2D eigenvalue weighted by atomic mass is 9.94. The number of Topliss-reactive ketones (excluding diaryl/α,β-unsaturated/α-hetero) is 1. The molecule has 0 spiro atoms. The Morgan fingerprint density at radius 2 is 1.93 bits per heavy atom. The summed E-state index contributed by atoms with van der Waals surface area (Å²) in [6.45, 7) is 4.49. The molecule has 1 aliphatic rings. The zero-order valence-electron chi connectivity index (χ0n) is 17.4. The van der Waals surface area contributed by atoms with Crippen LogP contribution in [0.2, 0.25) is 5.02 Å². The summed E-state index contributed by atoms with van der Waals surface area (Å²) in [7, 11) is 1.50. The molecule has 158 valence electrons. The first kappa shape index (κ1) is 21.9. The topological polar surface area (TPSA) is 66.8 Å². The van der Waals surface area contributed by atoms with Crippen LogP contribution in [0, 0.1) is 6.92 Å². The number of hydrogen-bond donors (Lipinski definition) is 1. The van der Waals surface area contributed by atoms with Crippen molar-refractivity contribution in [3.8, 4) is 5.75 Å². The Balaban J connectivity index is 2.13. The zero-order valence-corrected chi connectivity index (χ0v) is 18.2. The number of aliphatic hydroxyl groups excluding tert-OH is 1. The molecule has 0 bridgehead atoms. The Morgan fingerprint density at radius 1 is 1.17 bits per heavy atom. The number of benzene rings is 2. The second-order valence-corrected chi connectivity index (χ2v) is 7.87. The fourth-order valence-corrected chi connectivity index (χ4v) is 4.06. The molecule has 1 N–H and O–H groups in total. The minimum Gasteiger partial charge on any atom is -0.507 e. The van der Waals surface area contributed by atoms with Crippen LogP contribution in [0.25, 0.3) is 5.76 Å². The van der Waals surface area contributed by atoms with E-state index in [-0.39, 0.29) is 11.3 Å². The van der Waals surface area contributed by atoms with Crippen LogP contribution in [-0.4, -0.2) is 35.4 Å². The predicted octanol–water partition coefficient (Wildman–Crippen LogP) is 5.27. The van der Waals surface area contributed by atoms with Crippen LogP contribution in [0.3, 0.4) is 0 Å². The number of carbonyl (C=O) groups excluding carboxylic acids is 2. The van der Waals surface area contributed by atoms with Crippen LogP contribution in [0.1, 0.15) is 48.9 Å². The zero-order chi connectivity index (χ0) is 21.8. The molecule has 1 aliphatic heterocycles. The van der Waals surface area contributed by atoms with E-state index in [1.54, 1.807) is 17.0 Å². The highest BCUT2D eigenvalue weighted by molar-refractivity contribution is 6.46. The number of aliphatic hydroxyl groups is 1. The van der Waals surface area contributed by atoms with Gasteiger partial charge < -0.3 is 14.7 Å². The quantitative estimate of drug-likeness (QED) is 0.283. The summed E-state index contributed by atoms with van der Waals surface area (Å²) in [4.78, 5) is 27.4. The third-order valence-electron chi connectivity index (χ3n) is 5.33. The van der Waals surface area contributed by atoms with Gasteiger partial charge in [-0.15, -0.1) is 0 Å². The average Bonchev–Trinajstić information content (AvgIpc) is 2.98. The average molecular weight is 428 g/mol. The van der Waals surface area contributed by atoms with Crippen LogP contribution in [0.4, 0.5) is 0 Å². The van der Waals surface area contributed by atoms with E-state index in [1.165, 1.54) is 13.2 Å². The van der Waals surface area contributed by atoms with Crippen LogP contribution >= 0.6 is 11.6 Å². The number of halogens is 1. The fraction of sp³-hybridized carbons (Fsp3) is 0.333. The number of ether oxygens (including phenoxy) is 1. The largest absolute Gasteiger partial charge is 0.507 e. The summed E-state index contributed by atoms with van der Waals surface area (Å²) in [6, 6.07) is 11.8. The molecule has 5 nitrogen and oxygen atoms in total. The van der Waals surface area contributed by atoms with E-state index in [1.807, 2.05) is 31.2 Å². The van der Waals surface area contributed by atoms with Gasteiger partial charge in [-0.2, -0.15) is 0 Å². The summed E-state index contributed by atoms with van der Waals surface area (Å²) in [5.74, 6) is -1.04. The molecule has 1 amide bonds. The Bertz CT molecular complexity index is 998. The van der Waals surface area contributed by atoms with Gasteiger partial charge >= 0.3 is 0 Å². The van der Waals surface area contributed by atoms with Gasteiger partial charge in [0.1, 0.15) is 11.5 Å². The number of nitrogens with zero attached hydrogens (tertiary/aromatic N) is 1. The minimum atomic E-state index is -0.678. The van der Waals surface area contributed by atoms with Crippen molar-refractivity contribution >= 4 is 29.1 Å². The highest BCUT2D eigenvalue weighted by Gasteiger charge is 2.45. The van der Waals surface area contributed by atoms with E-state index in [9.17, 15) is 14.7 Å². The summed E-state index contributed by atoms with van der Waals surface area (Å²) in [6.07, 6.45) is 2.75. The number of ketones is 1. The maximum Gasteiger partial charge on any atom is 0.295 e. The Kier molecular flexibility index (Phi) is 6.83. The molecule has 0 aromatic heterocycles. The van der Waals surface area contributed by atoms with Gasteiger partial charge in [0.05, 0.1) is 23.7 Å². The van der Waals surface area contributed by atoms with Gasteiger partial charge in [0.15, 0.2) is 0 Å². The molecular weight excluding hydrogens is 402 g/mol. The smallest absolute Gasteiger partial charge is 0.295 e. The number of rotatable bonds is 7. The molecule has 1 unspecified atom stereocenters. The lowest BCUT2D eigenvalue weighted by molar-refractivity contribution is -0.139. The summed E-state index contributed by atoms with van der Waals surface area (Å²) < 4.78 is 5.16. The lowest BCUT2D eigenvalue weighted by Crippen LogP contribution is -2.30. The third kappa shape index (κ3) is 4.21. The van der Waals surface area contributed by atoms with Crippen molar-refractivity contribution in [2.45, 2.75) is 39.2 Å². The van der Waals surface area contributed by atoms with E-state index >= 15 is 0 Å². The molecular formula is C24H26ClNO4. The number of carbonyl (C=O) groups is 2. The van der Waals surface area contributed by atoms with Gasteiger partial charge in [-0.1, -0.05) is 61.2 Å². The summed E-state index contributed by atoms with van der Waals surface area (Å²) >= 11 is 6.21. The van der Waals surface area contributed by atoms with E-state index in [2.05, 4.69) is 6.92 Å². The van der Waals surface area contributed by atoms with Crippen LogP contribution in [0.15, 0.2) is 48.0 Å². The van der Waals surface area contributed by atoms with E-state index in [0.717, 1.165) is 30.4 Å². The summed E-state index contributed by atoms with van der Waals surface area (Å²) in [5.41, 5.74) is 2.26. The number of hydrogen-bond acceptors (Lipinski definition) is 4. The molecule has 2 aromatic carbocycles. The number of unbranched alkanes of at least 4 members (excludes halogenated alkanes) is 2. The first-order chi connectivity index (χ1) is 14.4. The van der Waals surface area contributed by atoms with Crippen LogP contribution in [0.5, 0.6) is 5.75 Å². The third-order valence-corrected chi connectivity index (χ3v) is 5.62. The first-order valence-corrected chi connectivity index (χ1v) is 10.5. The maximum atomic E-state index is 13.0. The number of methoxy groups -OCH3 is 1. The first-order valence-electron chi connectivity index (χ1n) is 10.1. The SMILES string of the molecule is CCCCCN1C(=O)C(=O)/C(=C(\O)c2ccc(OC)c(Cl)c2)C1c1cccc(C)c1. The molecule has 0 saturated carbocycles. The second kappa shape index (κ2) is 9.35. The van der Waals surface area contributed by atoms with Crippen molar-refractivity contribution in [2.24, 2.45) is 0 Å².